The largest absolute Gasteiger partial charge is 0.288 e. The topological polar surface area (TPSA) is 12.4 Å². The van der Waals surface area contributed by atoms with Crippen LogP contribution in [0.5, 0.6) is 0 Å². The Hall–Kier alpha value is -3.59. The van der Waals surface area contributed by atoms with Crippen molar-refractivity contribution in [3.8, 4) is 0 Å². The van der Waals surface area contributed by atoms with Gasteiger partial charge in [-0.1, -0.05) is 101 Å². The minimum atomic E-state index is -0.558. The van der Waals surface area contributed by atoms with Gasteiger partial charge in [-0.3, -0.25) is 4.99 Å². The Labute approximate surface area is 235 Å². The van der Waals surface area contributed by atoms with Crippen LogP contribution in [0.25, 0.3) is 6.08 Å². The van der Waals surface area contributed by atoms with Crippen LogP contribution in [0.2, 0.25) is 0 Å². The van der Waals surface area contributed by atoms with Crippen LogP contribution in [-0.4, -0.2) is 12.8 Å². The summed E-state index contributed by atoms with van der Waals surface area (Å²) in [4.78, 5) is 4.32. The van der Waals surface area contributed by atoms with Crippen LogP contribution in [0.1, 0.15) is 68.9 Å². The van der Waals surface area contributed by atoms with Crippen LogP contribution in [0.15, 0.2) is 102 Å². The van der Waals surface area contributed by atoms with Crippen LogP contribution in [0.3, 0.4) is 0 Å². The molecule has 0 amide bonds. The number of benzene rings is 3. The van der Waals surface area contributed by atoms with Crippen LogP contribution >= 0.6 is 0 Å². The lowest BCUT2D eigenvalue weighted by Crippen LogP contribution is -2.06. The van der Waals surface area contributed by atoms with Crippen LogP contribution in [0.4, 0.5) is 8.78 Å². The monoisotopic (exact) mass is 529 g/mol. The molecule has 0 N–H and O–H groups in total. The van der Waals surface area contributed by atoms with Gasteiger partial charge < -0.3 is 0 Å². The van der Waals surface area contributed by atoms with Gasteiger partial charge in [-0.05, 0) is 85.1 Å². The highest BCUT2D eigenvalue weighted by Gasteiger charge is 2.12. The van der Waals surface area contributed by atoms with E-state index in [-0.39, 0.29) is 19.4 Å². The molecule has 3 rings (SSSR count). The minimum absolute atomic E-state index is 0. The van der Waals surface area contributed by atoms with E-state index in [0.717, 1.165) is 43.2 Å². The summed E-state index contributed by atoms with van der Waals surface area (Å²) in [5.41, 5.74) is 7.68. The number of aliphatic imine (C=N–C) groups is 1. The molecule has 0 aliphatic heterocycles. The van der Waals surface area contributed by atoms with E-state index in [1.54, 1.807) is 7.05 Å². The maximum atomic E-state index is 14.1. The smallest absolute Gasteiger partial charge is 0.129 e. The molecule has 0 aliphatic carbocycles. The van der Waals surface area contributed by atoms with Gasteiger partial charge in [-0.15, -0.1) is 0 Å². The quantitative estimate of drug-likeness (QED) is 0.207. The van der Waals surface area contributed by atoms with Crippen molar-refractivity contribution >= 4 is 11.8 Å². The van der Waals surface area contributed by atoms with Crippen LogP contribution in [0, 0.1) is 11.6 Å². The third kappa shape index (κ3) is 10.6. The highest BCUT2D eigenvalue weighted by atomic mass is 19.1. The molecule has 0 aromatic heterocycles. The molecule has 3 heteroatoms. The zero-order valence-corrected chi connectivity index (χ0v) is 23.4. The Bertz CT molecular complexity index is 1230. The Morgan fingerprint density at radius 2 is 1.54 bits per heavy atom. The molecule has 0 fully saturated rings. The molecule has 0 unspecified atom stereocenters. The summed E-state index contributed by atoms with van der Waals surface area (Å²) in [6.45, 7) is 14.0. The Morgan fingerprint density at radius 1 is 0.872 bits per heavy atom. The third-order valence-corrected chi connectivity index (χ3v) is 6.45. The van der Waals surface area contributed by atoms with Crippen LogP contribution < -0.4 is 0 Å². The van der Waals surface area contributed by atoms with Gasteiger partial charge in [0.2, 0.25) is 0 Å². The Balaban J connectivity index is 0.00000248. The second kappa shape index (κ2) is 17.8. The highest BCUT2D eigenvalue weighted by molar-refractivity contribution is 6.08. The van der Waals surface area contributed by atoms with Crippen molar-refractivity contribution < 1.29 is 8.78 Å². The first-order valence-corrected chi connectivity index (χ1v) is 13.4. The summed E-state index contributed by atoms with van der Waals surface area (Å²) in [7, 11) is 1.68. The highest BCUT2D eigenvalue weighted by Crippen LogP contribution is 2.21. The van der Waals surface area contributed by atoms with Crippen molar-refractivity contribution in [1.82, 2.24) is 0 Å². The summed E-state index contributed by atoms with van der Waals surface area (Å²) < 4.78 is 28.1. The molecule has 0 aliphatic rings. The van der Waals surface area contributed by atoms with E-state index < -0.39 is 11.6 Å². The molecule has 0 saturated carbocycles. The number of allylic oxidation sites excluding steroid dienone is 3. The summed E-state index contributed by atoms with van der Waals surface area (Å²) in [5.74, 6) is -1.12. The van der Waals surface area contributed by atoms with Gasteiger partial charge in [-0.2, -0.15) is 0 Å². The van der Waals surface area contributed by atoms with E-state index in [0.29, 0.717) is 11.3 Å². The standard InChI is InChI=1S/C33H35F2N.C2H6.CH4/c1-5-26-17-19-28(20-18-27-12-7-6-8-13-27)29(23-26)14-9-11-24(2)21-33(36-4)25(3)22-30-31(34)15-10-16-32(30)35;1-2;/h5-8,10,12-13,15-17,19,21,23H,1,3,9,11,14,18,20,22H2,2,4H3;1-2H3;1H4/b24-21-,36-33?;;. The van der Waals surface area contributed by atoms with E-state index in [1.165, 1.54) is 34.9 Å². The lowest BCUT2D eigenvalue weighted by molar-refractivity contribution is 0.562. The molecule has 3 aromatic carbocycles. The molecule has 39 heavy (non-hydrogen) atoms. The molecule has 0 atom stereocenters. The average Bonchev–Trinajstić information content (AvgIpc) is 2.94. The number of aryl methyl sites for hydroxylation is 3. The first-order chi connectivity index (χ1) is 18.4. The van der Waals surface area contributed by atoms with Crippen LogP contribution in [-0.2, 0) is 25.7 Å². The molecule has 208 valence electrons. The summed E-state index contributed by atoms with van der Waals surface area (Å²) in [5, 5.41) is 0. The molecule has 0 saturated heterocycles. The SMILES string of the molecule is C.C=Cc1ccc(CCc2ccccc2)c(CCC/C(C)=C\C(=NC)C(=C)Cc2c(F)cccc2F)c1.CC. The Kier molecular flexibility index (Phi) is 15.3. The van der Waals surface area contributed by atoms with Gasteiger partial charge in [0.05, 0.1) is 5.71 Å². The fourth-order valence-electron chi connectivity index (χ4n) is 4.37. The molecule has 0 radical (unpaired) electrons. The van der Waals surface area contributed by atoms with Crippen molar-refractivity contribution in [2.75, 3.05) is 7.05 Å². The number of hydrogen-bond donors (Lipinski definition) is 0. The molecule has 0 spiro atoms. The average molecular weight is 530 g/mol. The summed E-state index contributed by atoms with van der Waals surface area (Å²) in [6.07, 6.45) is 8.85. The van der Waals surface area contributed by atoms with Gasteiger partial charge in [-0.25, -0.2) is 8.78 Å². The fraction of sp³-hybridized carbons (Fsp3) is 0.306. The molecule has 1 nitrogen and oxygen atoms in total. The minimum Gasteiger partial charge on any atom is -0.288 e. The van der Waals surface area contributed by atoms with Gasteiger partial charge in [0.1, 0.15) is 11.6 Å². The van der Waals surface area contributed by atoms with Crippen molar-refractivity contribution in [2.45, 2.75) is 66.7 Å². The first-order valence-electron chi connectivity index (χ1n) is 13.4. The fourth-order valence-corrected chi connectivity index (χ4v) is 4.37. The van der Waals surface area contributed by atoms with Gasteiger partial charge in [0.25, 0.3) is 0 Å². The van der Waals surface area contributed by atoms with Gasteiger partial charge in [0, 0.05) is 19.0 Å². The third-order valence-electron chi connectivity index (χ3n) is 6.45. The van der Waals surface area contributed by atoms with E-state index in [4.69, 9.17) is 0 Å². The maximum Gasteiger partial charge on any atom is 0.129 e. The predicted molar refractivity (Wildman–Crippen MR) is 168 cm³/mol. The lowest BCUT2D eigenvalue weighted by atomic mass is 9.93. The second-order valence-corrected chi connectivity index (χ2v) is 9.15. The van der Waals surface area contributed by atoms with E-state index >= 15 is 0 Å². The van der Waals surface area contributed by atoms with E-state index in [1.807, 2.05) is 32.1 Å². The van der Waals surface area contributed by atoms with Crippen molar-refractivity contribution in [3.63, 3.8) is 0 Å². The zero-order valence-electron chi connectivity index (χ0n) is 23.4. The molecule has 0 heterocycles. The number of hydrogen-bond acceptors (Lipinski definition) is 1. The number of nitrogens with zero attached hydrogens (tertiary/aromatic N) is 1. The van der Waals surface area contributed by atoms with Crippen molar-refractivity contribution in [3.05, 3.63) is 137 Å². The number of halogens is 2. The van der Waals surface area contributed by atoms with Crippen molar-refractivity contribution in [1.29, 1.82) is 0 Å². The maximum absolute atomic E-state index is 14.1. The molecule has 3 aromatic rings. The molecular formula is C36H45F2N. The van der Waals surface area contributed by atoms with Gasteiger partial charge >= 0.3 is 0 Å². The van der Waals surface area contributed by atoms with E-state index in [9.17, 15) is 8.78 Å². The summed E-state index contributed by atoms with van der Waals surface area (Å²) >= 11 is 0. The Morgan fingerprint density at radius 3 is 2.15 bits per heavy atom. The second-order valence-electron chi connectivity index (χ2n) is 9.15. The zero-order chi connectivity index (χ0) is 27.9. The lowest BCUT2D eigenvalue weighted by Gasteiger charge is -2.12. The first kappa shape index (κ1) is 33.4. The molecular weight excluding hydrogens is 484 g/mol. The van der Waals surface area contributed by atoms with E-state index in [2.05, 4.69) is 67.5 Å². The molecule has 0 bridgehead atoms. The number of rotatable bonds is 12. The normalized spacial score (nSPS) is 11.2. The predicted octanol–water partition coefficient (Wildman–Crippen LogP) is 10.2. The summed E-state index contributed by atoms with van der Waals surface area (Å²) in [6, 6.07) is 21.1. The van der Waals surface area contributed by atoms with Crippen molar-refractivity contribution in [2.24, 2.45) is 4.99 Å². The van der Waals surface area contributed by atoms with Gasteiger partial charge in [0.15, 0.2) is 0 Å².